The normalized spacial score (nSPS) is 29.9. The van der Waals surface area contributed by atoms with Gasteiger partial charge >= 0.3 is 0 Å². The van der Waals surface area contributed by atoms with Crippen molar-refractivity contribution in [1.29, 1.82) is 0 Å². The molecule has 0 amide bonds. The van der Waals surface area contributed by atoms with Crippen molar-refractivity contribution in [2.24, 2.45) is 5.73 Å². The second-order valence-corrected chi connectivity index (χ2v) is 5.83. The Bertz CT molecular complexity index is 467. The Balaban J connectivity index is 3.32. The van der Waals surface area contributed by atoms with E-state index in [9.17, 15) is 23.6 Å². The molecule has 2 atom stereocenters. The van der Waals surface area contributed by atoms with Crippen molar-refractivity contribution in [1.82, 2.24) is 0 Å². The molecule has 0 aromatic rings. The lowest BCUT2D eigenvalue weighted by molar-refractivity contribution is -0.420. The standard InChI is InChI=1S/C8H12N2O5S/c1-2-16(14,15)8(11)5-6(10(12)13)3-4-7(8)9/h3-5,7,11H,2,9H2,1H3. The van der Waals surface area contributed by atoms with Gasteiger partial charge in [0, 0.05) is 12.2 Å². The fourth-order valence-electron chi connectivity index (χ4n) is 1.34. The molecule has 16 heavy (non-hydrogen) atoms. The zero-order chi connectivity index (χ0) is 12.6. The minimum Gasteiger partial charge on any atom is -0.370 e. The van der Waals surface area contributed by atoms with Crippen LogP contribution in [-0.4, -0.2) is 35.2 Å². The number of nitrogens with two attached hydrogens (primary N) is 1. The molecule has 0 heterocycles. The first-order valence-electron chi connectivity index (χ1n) is 4.50. The van der Waals surface area contributed by atoms with Crippen LogP contribution in [0.1, 0.15) is 6.92 Å². The van der Waals surface area contributed by atoms with Crippen molar-refractivity contribution < 1.29 is 18.4 Å². The molecule has 1 rings (SSSR count). The average molecular weight is 248 g/mol. The third kappa shape index (κ3) is 1.86. The van der Waals surface area contributed by atoms with E-state index in [4.69, 9.17) is 5.73 Å². The molecule has 0 radical (unpaired) electrons. The van der Waals surface area contributed by atoms with E-state index in [2.05, 4.69) is 0 Å². The van der Waals surface area contributed by atoms with Crippen molar-refractivity contribution in [3.63, 3.8) is 0 Å². The Hall–Kier alpha value is -1.25. The van der Waals surface area contributed by atoms with E-state index in [1.807, 2.05) is 0 Å². The highest BCUT2D eigenvalue weighted by molar-refractivity contribution is 7.92. The lowest BCUT2D eigenvalue weighted by Gasteiger charge is -2.29. The summed E-state index contributed by atoms with van der Waals surface area (Å²) in [6.07, 6.45) is 2.85. The van der Waals surface area contributed by atoms with E-state index in [0.29, 0.717) is 6.08 Å². The van der Waals surface area contributed by atoms with Gasteiger partial charge in [0.25, 0.3) is 5.70 Å². The summed E-state index contributed by atoms with van der Waals surface area (Å²) in [5, 5.41) is 20.4. The van der Waals surface area contributed by atoms with Gasteiger partial charge in [0.1, 0.15) is 0 Å². The zero-order valence-electron chi connectivity index (χ0n) is 8.53. The van der Waals surface area contributed by atoms with Gasteiger partial charge in [0.2, 0.25) is 4.93 Å². The predicted octanol–water partition coefficient (Wildman–Crippen LogP) is -0.833. The van der Waals surface area contributed by atoms with Crippen molar-refractivity contribution in [3.8, 4) is 0 Å². The maximum absolute atomic E-state index is 11.6. The fraction of sp³-hybridized carbons (Fsp3) is 0.500. The molecular formula is C8H12N2O5S. The van der Waals surface area contributed by atoms with Crippen LogP contribution in [0, 0.1) is 10.1 Å². The number of aliphatic hydroxyl groups is 1. The summed E-state index contributed by atoms with van der Waals surface area (Å²) >= 11 is 0. The van der Waals surface area contributed by atoms with Gasteiger partial charge in [0.05, 0.1) is 16.7 Å². The number of nitro groups is 1. The number of rotatable bonds is 3. The molecule has 1 aliphatic rings. The van der Waals surface area contributed by atoms with E-state index in [1.165, 1.54) is 6.92 Å². The number of allylic oxidation sites excluding steroid dienone is 1. The number of sulfone groups is 1. The first-order chi connectivity index (χ1) is 7.24. The van der Waals surface area contributed by atoms with Crippen LogP contribution in [0.5, 0.6) is 0 Å². The molecule has 0 saturated heterocycles. The Morgan fingerprint density at radius 2 is 2.25 bits per heavy atom. The molecule has 0 fully saturated rings. The predicted molar refractivity (Wildman–Crippen MR) is 56.6 cm³/mol. The summed E-state index contributed by atoms with van der Waals surface area (Å²) in [4.78, 5) is 7.32. The molecule has 0 aromatic heterocycles. The lowest BCUT2D eigenvalue weighted by atomic mass is 10.0. The summed E-state index contributed by atoms with van der Waals surface area (Å²) in [6, 6.07) is -1.21. The highest BCUT2D eigenvalue weighted by atomic mass is 32.2. The third-order valence-electron chi connectivity index (χ3n) is 2.40. The van der Waals surface area contributed by atoms with E-state index in [-0.39, 0.29) is 5.75 Å². The Labute approximate surface area is 92.3 Å². The Morgan fingerprint density at radius 1 is 1.69 bits per heavy atom. The topological polar surface area (TPSA) is 124 Å². The van der Waals surface area contributed by atoms with Gasteiger partial charge < -0.3 is 10.8 Å². The van der Waals surface area contributed by atoms with Gasteiger partial charge in [-0.3, -0.25) is 10.1 Å². The highest BCUT2D eigenvalue weighted by Gasteiger charge is 2.47. The van der Waals surface area contributed by atoms with Crippen molar-refractivity contribution in [2.75, 3.05) is 5.75 Å². The molecule has 3 N–H and O–H groups in total. The molecule has 90 valence electrons. The fourth-order valence-corrected chi connectivity index (χ4v) is 2.59. The van der Waals surface area contributed by atoms with Gasteiger partial charge in [-0.1, -0.05) is 13.0 Å². The summed E-state index contributed by atoms with van der Waals surface area (Å²) in [5.74, 6) is -0.355. The summed E-state index contributed by atoms with van der Waals surface area (Å²) in [6.45, 7) is 1.33. The van der Waals surface area contributed by atoms with Crippen LogP contribution >= 0.6 is 0 Å². The molecule has 8 heteroatoms. The maximum atomic E-state index is 11.6. The smallest absolute Gasteiger partial charge is 0.269 e. The summed E-state index contributed by atoms with van der Waals surface area (Å²) < 4.78 is 23.2. The number of hydrogen-bond acceptors (Lipinski definition) is 6. The molecule has 0 spiro atoms. The average Bonchev–Trinajstić information content (AvgIpc) is 2.21. The van der Waals surface area contributed by atoms with Gasteiger partial charge in [-0.15, -0.1) is 0 Å². The van der Waals surface area contributed by atoms with Crippen LogP contribution in [0.3, 0.4) is 0 Å². The van der Waals surface area contributed by atoms with E-state index in [1.54, 1.807) is 0 Å². The summed E-state index contributed by atoms with van der Waals surface area (Å²) in [7, 11) is -3.94. The minimum atomic E-state index is -3.94. The van der Waals surface area contributed by atoms with E-state index < -0.39 is 31.4 Å². The quantitative estimate of drug-likeness (QED) is 0.496. The molecule has 0 saturated carbocycles. The zero-order valence-corrected chi connectivity index (χ0v) is 9.35. The molecule has 2 unspecified atom stereocenters. The van der Waals surface area contributed by atoms with Gasteiger partial charge in [0.15, 0.2) is 9.84 Å². The number of hydrogen-bond donors (Lipinski definition) is 2. The molecule has 7 nitrogen and oxygen atoms in total. The van der Waals surface area contributed by atoms with Crippen LogP contribution in [0.2, 0.25) is 0 Å². The second kappa shape index (κ2) is 3.96. The third-order valence-corrected chi connectivity index (χ3v) is 4.54. The van der Waals surface area contributed by atoms with E-state index >= 15 is 0 Å². The van der Waals surface area contributed by atoms with Crippen LogP contribution in [0.4, 0.5) is 0 Å². The molecular weight excluding hydrogens is 236 g/mol. The van der Waals surface area contributed by atoms with Gasteiger partial charge in [-0.2, -0.15) is 0 Å². The first kappa shape index (κ1) is 12.8. The summed E-state index contributed by atoms with van der Waals surface area (Å²) in [5.41, 5.74) is 4.97. The van der Waals surface area contributed by atoms with Crippen LogP contribution < -0.4 is 5.73 Å². The Kier molecular flexibility index (Phi) is 3.17. The number of nitrogens with zero attached hydrogens (tertiary/aromatic N) is 1. The second-order valence-electron chi connectivity index (χ2n) is 3.37. The molecule has 1 aliphatic carbocycles. The monoisotopic (exact) mass is 248 g/mol. The lowest BCUT2D eigenvalue weighted by Crippen LogP contribution is -2.53. The van der Waals surface area contributed by atoms with Gasteiger partial charge in [-0.05, 0) is 0 Å². The Morgan fingerprint density at radius 3 is 2.69 bits per heavy atom. The van der Waals surface area contributed by atoms with Crippen LogP contribution in [0.25, 0.3) is 0 Å². The largest absolute Gasteiger partial charge is 0.370 e. The van der Waals surface area contributed by atoms with Gasteiger partial charge in [-0.25, -0.2) is 8.42 Å². The van der Waals surface area contributed by atoms with Crippen molar-refractivity contribution in [3.05, 3.63) is 34.0 Å². The highest BCUT2D eigenvalue weighted by Crippen LogP contribution is 2.27. The first-order valence-corrected chi connectivity index (χ1v) is 6.15. The van der Waals surface area contributed by atoms with Crippen LogP contribution in [-0.2, 0) is 9.84 Å². The van der Waals surface area contributed by atoms with E-state index in [0.717, 1.165) is 12.2 Å². The molecule has 0 aliphatic heterocycles. The molecule has 0 bridgehead atoms. The SMILES string of the molecule is CCS(=O)(=O)C1(O)C=C([N+](=O)[O-])C=CC1N. The van der Waals surface area contributed by atoms with Crippen LogP contribution in [0.15, 0.2) is 23.9 Å². The minimum absolute atomic E-state index is 0.355. The molecule has 0 aromatic carbocycles. The van der Waals surface area contributed by atoms with Crippen molar-refractivity contribution in [2.45, 2.75) is 17.9 Å². The maximum Gasteiger partial charge on any atom is 0.269 e. The van der Waals surface area contributed by atoms with Crippen molar-refractivity contribution >= 4 is 9.84 Å².